The van der Waals surface area contributed by atoms with Gasteiger partial charge in [-0.1, -0.05) is 29.8 Å². The SMILES string of the molecule is Cc1cccc(CN=Nc2cc(N3CCOCC3)cc(OCCN3CCOCC3)n2)c1. The third-order valence-electron chi connectivity index (χ3n) is 5.42. The average molecular weight is 426 g/mol. The summed E-state index contributed by atoms with van der Waals surface area (Å²) in [5.41, 5.74) is 3.40. The van der Waals surface area contributed by atoms with Gasteiger partial charge in [-0.25, -0.2) is 0 Å². The quantitative estimate of drug-likeness (QED) is 0.605. The summed E-state index contributed by atoms with van der Waals surface area (Å²) in [6.07, 6.45) is 0. The molecular formula is C23H31N5O3. The van der Waals surface area contributed by atoms with E-state index in [0.29, 0.717) is 24.8 Å². The van der Waals surface area contributed by atoms with Crippen LogP contribution in [0.2, 0.25) is 0 Å². The highest BCUT2D eigenvalue weighted by Crippen LogP contribution is 2.26. The molecule has 0 bridgehead atoms. The van der Waals surface area contributed by atoms with Gasteiger partial charge in [0.15, 0.2) is 5.82 Å². The number of aromatic nitrogens is 1. The number of pyridine rings is 1. The van der Waals surface area contributed by atoms with Crippen molar-refractivity contribution in [2.45, 2.75) is 13.5 Å². The number of rotatable bonds is 8. The van der Waals surface area contributed by atoms with Crippen molar-refractivity contribution in [1.29, 1.82) is 0 Å². The van der Waals surface area contributed by atoms with Gasteiger partial charge in [-0.05, 0) is 12.5 Å². The van der Waals surface area contributed by atoms with Crippen molar-refractivity contribution < 1.29 is 14.2 Å². The van der Waals surface area contributed by atoms with Crippen LogP contribution in [0, 0.1) is 6.92 Å². The Kier molecular flexibility index (Phi) is 7.81. The molecule has 0 radical (unpaired) electrons. The van der Waals surface area contributed by atoms with E-state index in [2.05, 4.69) is 50.1 Å². The Labute approximate surface area is 183 Å². The Morgan fingerprint density at radius 3 is 2.55 bits per heavy atom. The van der Waals surface area contributed by atoms with Crippen molar-refractivity contribution in [2.24, 2.45) is 10.2 Å². The Balaban J connectivity index is 1.43. The number of hydrogen-bond donors (Lipinski definition) is 0. The molecule has 0 amide bonds. The van der Waals surface area contributed by atoms with Gasteiger partial charge < -0.3 is 19.1 Å². The van der Waals surface area contributed by atoms with E-state index in [1.807, 2.05) is 18.2 Å². The standard InChI is InChI=1S/C23H31N5O3/c1-19-3-2-4-20(15-19)18-24-26-22-16-21(28-8-12-30-13-9-28)17-23(25-22)31-14-7-27-5-10-29-11-6-27/h2-4,15-17H,5-14,18H2,1H3. The lowest BCUT2D eigenvalue weighted by molar-refractivity contribution is 0.0320. The molecule has 166 valence electrons. The minimum Gasteiger partial charge on any atom is -0.476 e. The number of aryl methyl sites for hydroxylation is 1. The highest BCUT2D eigenvalue weighted by atomic mass is 16.5. The topological polar surface area (TPSA) is 71.8 Å². The summed E-state index contributed by atoms with van der Waals surface area (Å²) in [4.78, 5) is 9.20. The first-order valence-electron chi connectivity index (χ1n) is 11.0. The summed E-state index contributed by atoms with van der Waals surface area (Å²) in [5, 5.41) is 8.77. The maximum atomic E-state index is 6.01. The van der Waals surface area contributed by atoms with Crippen LogP contribution < -0.4 is 9.64 Å². The summed E-state index contributed by atoms with van der Waals surface area (Å²) >= 11 is 0. The van der Waals surface area contributed by atoms with Gasteiger partial charge in [-0.15, -0.1) is 5.11 Å². The van der Waals surface area contributed by atoms with Crippen molar-refractivity contribution in [3.63, 3.8) is 0 Å². The van der Waals surface area contributed by atoms with Gasteiger partial charge in [0.2, 0.25) is 5.88 Å². The predicted octanol–water partition coefficient (Wildman–Crippen LogP) is 3.22. The summed E-state index contributed by atoms with van der Waals surface area (Å²) in [7, 11) is 0. The lowest BCUT2D eigenvalue weighted by atomic mass is 10.1. The molecule has 0 unspecified atom stereocenters. The number of hydrogen-bond acceptors (Lipinski definition) is 8. The Morgan fingerprint density at radius 1 is 1.00 bits per heavy atom. The second-order valence-corrected chi connectivity index (χ2v) is 7.81. The maximum absolute atomic E-state index is 6.01. The van der Waals surface area contributed by atoms with Crippen LogP contribution in [0.1, 0.15) is 11.1 Å². The van der Waals surface area contributed by atoms with Gasteiger partial charge >= 0.3 is 0 Å². The zero-order chi connectivity index (χ0) is 21.3. The average Bonchev–Trinajstić information content (AvgIpc) is 2.80. The summed E-state index contributed by atoms with van der Waals surface area (Å²) < 4.78 is 16.9. The minimum atomic E-state index is 0.526. The third kappa shape index (κ3) is 6.72. The molecular weight excluding hydrogens is 394 g/mol. The monoisotopic (exact) mass is 425 g/mol. The van der Waals surface area contributed by atoms with Gasteiger partial charge in [0, 0.05) is 50.5 Å². The van der Waals surface area contributed by atoms with E-state index >= 15 is 0 Å². The second kappa shape index (κ2) is 11.2. The maximum Gasteiger partial charge on any atom is 0.217 e. The van der Waals surface area contributed by atoms with Crippen LogP contribution in [0.3, 0.4) is 0 Å². The fourth-order valence-electron chi connectivity index (χ4n) is 3.71. The number of ether oxygens (including phenoxy) is 3. The molecule has 2 aromatic rings. The van der Waals surface area contributed by atoms with Crippen LogP contribution in [0.15, 0.2) is 46.6 Å². The molecule has 2 aliphatic heterocycles. The van der Waals surface area contributed by atoms with E-state index in [1.165, 1.54) is 5.56 Å². The number of morpholine rings is 2. The smallest absolute Gasteiger partial charge is 0.217 e. The first-order chi connectivity index (χ1) is 15.3. The zero-order valence-corrected chi connectivity index (χ0v) is 18.2. The zero-order valence-electron chi connectivity index (χ0n) is 18.2. The highest BCUT2D eigenvalue weighted by Gasteiger charge is 2.15. The minimum absolute atomic E-state index is 0.526. The van der Waals surface area contributed by atoms with Crippen molar-refractivity contribution in [3.05, 3.63) is 47.5 Å². The Hall–Kier alpha value is -2.55. The number of azo groups is 1. The molecule has 0 saturated carbocycles. The van der Waals surface area contributed by atoms with Gasteiger partial charge in [-0.2, -0.15) is 10.1 Å². The molecule has 1 aromatic carbocycles. The molecule has 0 N–H and O–H groups in total. The van der Waals surface area contributed by atoms with Crippen LogP contribution in [-0.4, -0.2) is 75.6 Å². The van der Waals surface area contributed by atoms with Crippen molar-refractivity contribution in [3.8, 4) is 5.88 Å². The van der Waals surface area contributed by atoms with E-state index in [0.717, 1.165) is 70.4 Å². The number of nitrogens with zero attached hydrogens (tertiary/aromatic N) is 5. The van der Waals surface area contributed by atoms with E-state index in [1.54, 1.807) is 0 Å². The molecule has 0 spiro atoms. The van der Waals surface area contributed by atoms with Crippen LogP contribution in [-0.2, 0) is 16.0 Å². The van der Waals surface area contributed by atoms with E-state index in [-0.39, 0.29) is 0 Å². The lowest BCUT2D eigenvalue weighted by Gasteiger charge is -2.29. The molecule has 2 aliphatic rings. The summed E-state index contributed by atoms with van der Waals surface area (Å²) in [6.45, 7) is 10.6. The van der Waals surface area contributed by atoms with Gasteiger partial charge in [0.1, 0.15) is 6.61 Å². The predicted molar refractivity (Wildman–Crippen MR) is 119 cm³/mol. The summed E-state index contributed by atoms with van der Waals surface area (Å²) in [5.74, 6) is 1.15. The van der Waals surface area contributed by atoms with E-state index in [4.69, 9.17) is 14.2 Å². The van der Waals surface area contributed by atoms with Gasteiger partial charge in [0.25, 0.3) is 0 Å². The fraction of sp³-hybridized carbons (Fsp3) is 0.522. The van der Waals surface area contributed by atoms with E-state index < -0.39 is 0 Å². The van der Waals surface area contributed by atoms with Crippen LogP contribution in [0.5, 0.6) is 5.88 Å². The van der Waals surface area contributed by atoms with Crippen molar-refractivity contribution >= 4 is 11.5 Å². The molecule has 0 aliphatic carbocycles. The lowest BCUT2D eigenvalue weighted by Crippen LogP contribution is -2.38. The molecule has 0 atom stereocenters. The molecule has 3 heterocycles. The molecule has 4 rings (SSSR count). The first-order valence-corrected chi connectivity index (χ1v) is 11.0. The Morgan fingerprint density at radius 2 is 1.77 bits per heavy atom. The van der Waals surface area contributed by atoms with Crippen LogP contribution in [0.4, 0.5) is 11.5 Å². The highest BCUT2D eigenvalue weighted by molar-refractivity contribution is 5.55. The van der Waals surface area contributed by atoms with Gasteiger partial charge in [0.05, 0.1) is 33.0 Å². The molecule has 2 saturated heterocycles. The largest absolute Gasteiger partial charge is 0.476 e. The molecule has 8 nitrogen and oxygen atoms in total. The molecule has 2 fully saturated rings. The van der Waals surface area contributed by atoms with E-state index in [9.17, 15) is 0 Å². The van der Waals surface area contributed by atoms with Crippen molar-refractivity contribution in [1.82, 2.24) is 9.88 Å². The first kappa shape index (κ1) is 21.7. The molecule has 31 heavy (non-hydrogen) atoms. The fourth-order valence-corrected chi connectivity index (χ4v) is 3.71. The number of anilines is 1. The summed E-state index contributed by atoms with van der Waals surface area (Å²) in [6, 6.07) is 12.3. The van der Waals surface area contributed by atoms with Crippen LogP contribution in [0.25, 0.3) is 0 Å². The Bertz CT molecular complexity index is 864. The van der Waals surface area contributed by atoms with Crippen LogP contribution >= 0.6 is 0 Å². The van der Waals surface area contributed by atoms with Gasteiger partial charge in [-0.3, -0.25) is 4.90 Å². The molecule has 1 aromatic heterocycles. The molecule has 8 heteroatoms. The number of benzene rings is 1. The second-order valence-electron chi connectivity index (χ2n) is 7.81. The van der Waals surface area contributed by atoms with Crippen molar-refractivity contribution in [2.75, 3.05) is 70.7 Å². The normalized spacial score (nSPS) is 17.9. The third-order valence-corrected chi connectivity index (χ3v) is 5.42.